The number of halogens is 4. The summed E-state index contributed by atoms with van der Waals surface area (Å²) in [4.78, 5) is 12.0. The fraction of sp³-hybridized carbons (Fsp3) is 0.0714. The number of aromatic hydroxyl groups is 1. The van der Waals surface area contributed by atoms with Gasteiger partial charge in [-0.05, 0) is 42.5 Å². The van der Waals surface area contributed by atoms with Gasteiger partial charge in [0.05, 0.1) is 5.56 Å². The monoisotopic (exact) mass is 362 g/mol. The molecule has 0 saturated carbocycles. The Balaban J connectivity index is 2.14. The van der Waals surface area contributed by atoms with Crippen molar-refractivity contribution in [2.24, 2.45) is 0 Å². The second-order valence-corrected chi connectivity index (χ2v) is 5.29. The Morgan fingerprint density at radius 1 is 1.17 bits per heavy atom. The van der Waals surface area contributed by atoms with Gasteiger partial charge in [-0.2, -0.15) is 13.2 Å². The fourth-order valence-corrected chi connectivity index (χ4v) is 2.07. The van der Waals surface area contributed by atoms with Crippen LogP contribution in [0.5, 0.6) is 5.75 Å². The minimum atomic E-state index is -4.45. The molecule has 2 amide bonds. The normalized spacial score (nSPS) is 11.2. The first kappa shape index (κ1) is 17.3. The van der Waals surface area contributed by atoms with Gasteiger partial charge in [-0.15, -0.1) is 0 Å². The molecule has 2 rings (SSSR count). The van der Waals surface area contributed by atoms with Crippen LogP contribution >= 0.6 is 24.4 Å². The molecule has 0 aliphatic heterocycles. The van der Waals surface area contributed by atoms with Crippen molar-refractivity contribution < 1.29 is 23.1 Å². The number of hydrogen-bond donors (Lipinski definition) is 3. The number of thiol groups is 1. The molecule has 0 bridgehead atoms. The predicted octanol–water partition coefficient (Wildman–Crippen LogP) is 4.95. The third-order valence-corrected chi connectivity index (χ3v) is 3.45. The number of nitrogens with zero attached hydrogens (tertiary/aromatic N) is 1. The Hall–Kier alpha value is -2.06. The zero-order valence-electron chi connectivity index (χ0n) is 11.3. The van der Waals surface area contributed by atoms with E-state index in [-0.39, 0.29) is 22.1 Å². The van der Waals surface area contributed by atoms with Gasteiger partial charge in [0.1, 0.15) is 11.4 Å². The Morgan fingerprint density at radius 3 is 2.35 bits per heavy atom. The minimum Gasteiger partial charge on any atom is -0.506 e. The molecule has 0 aromatic heterocycles. The van der Waals surface area contributed by atoms with Gasteiger partial charge in [0.15, 0.2) is 0 Å². The van der Waals surface area contributed by atoms with Gasteiger partial charge in [0.2, 0.25) is 0 Å². The molecule has 122 valence electrons. The zero-order valence-corrected chi connectivity index (χ0v) is 13.0. The molecule has 2 aromatic rings. The molecule has 0 spiro atoms. The summed E-state index contributed by atoms with van der Waals surface area (Å²) in [6, 6.07) is 7.16. The first-order chi connectivity index (χ1) is 10.7. The maximum absolute atomic E-state index is 12.5. The van der Waals surface area contributed by atoms with E-state index >= 15 is 0 Å². The van der Waals surface area contributed by atoms with Gasteiger partial charge in [0, 0.05) is 10.7 Å². The third kappa shape index (κ3) is 4.23. The van der Waals surface area contributed by atoms with Gasteiger partial charge in [0.25, 0.3) is 0 Å². The lowest BCUT2D eigenvalue weighted by Crippen LogP contribution is -2.26. The Labute approximate surface area is 140 Å². The van der Waals surface area contributed by atoms with E-state index in [1.54, 1.807) is 0 Å². The number of phenolic OH excluding ortho intramolecular Hbond substituents is 1. The number of benzene rings is 2. The lowest BCUT2D eigenvalue weighted by Gasteiger charge is -2.18. The van der Waals surface area contributed by atoms with Crippen molar-refractivity contribution in [3.05, 3.63) is 53.1 Å². The van der Waals surface area contributed by atoms with Crippen molar-refractivity contribution in [3.8, 4) is 5.75 Å². The number of urea groups is 1. The number of carbonyl (C=O) groups is 1. The van der Waals surface area contributed by atoms with E-state index in [0.717, 1.165) is 28.6 Å². The Morgan fingerprint density at radius 2 is 1.78 bits per heavy atom. The van der Waals surface area contributed by atoms with Crippen molar-refractivity contribution in [3.63, 3.8) is 0 Å². The second kappa shape index (κ2) is 6.59. The Bertz CT molecular complexity index is 723. The van der Waals surface area contributed by atoms with E-state index < -0.39 is 17.8 Å². The van der Waals surface area contributed by atoms with Crippen LogP contribution in [0.1, 0.15) is 5.56 Å². The lowest BCUT2D eigenvalue weighted by atomic mass is 10.2. The number of anilines is 2. The van der Waals surface area contributed by atoms with Crippen molar-refractivity contribution in [2.75, 3.05) is 9.62 Å². The molecule has 0 fully saturated rings. The zero-order chi connectivity index (χ0) is 17.2. The maximum atomic E-state index is 12.5. The van der Waals surface area contributed by atoms with E-state index in [0.29, 0.717) is 0 Å². The number of amides is 2. The second-order valence-electron chi connectivity index (χ2n) is 4.45. The van der Waals surface area contributed by atoms with Crippen LogP contribution in [0.25, 0.3) is 0 Å². The predicted molar refractivity (Wildman–Crippen MR) is 85.0 cm³/mol. The number of hydrogen-bond acceptors (Lipinski definition) is 3. The quantitative estimate of drug-likeness (QED) is 0.662. The molecule has 23 heavy (non-hydrogen) atoms. The number of carbonyl (C=O) groups excluding carboxylic acids is 1. The van der Waals surface area contributed by atoms with Gasteiger partial charge >= 0.3 is 12.2 Å². The molecule has 0 unspecified atom stereocenters. The molecule has 9 heteroatoms. The SMILES string of the molecule is O=C(Nc1ccc(C(F)(F)F)cc1)N(S)c1cc(Cl)ccc1O. The Kier molecular flexibility index (Phi) is 4.96. The molecule has 0 aliphatic carbocycles. The average molecular weight is 363 g/mol. The summed E-state index contributed by atoms with van der Waals surface area (Å²) in [5.74, 6) is -0.230. The molecule has 0 heterocycles. The molecular weight excluding hydrogens is 353 g/mol. The fourth-order valence-electron chi connectivity index (χ4n) is 1.69. The largest absolute Gasteiger partial charge is 0.506 e. The molecule has 0 radical (unpaired) electrons. The highest BCUT2D eigenvalue weighted by Crippen LogP contribution is 2.32. The van der Waals surface area contributed by atoms with Crippen molar-refractivity contribution in [2.45, 2.75) is 6.18 Å². The summed E-state index contributed by atoms with van der Waals surface area (Å²) >= 11 is 9.73. The topological polar surface area (TPSA) is 52.6 Å². The van der Waals surface area contributed by atoms with Crippen molar-refractivity contribution >= 4 is 41.8 Å². The van der Waals surface area contributed by atoms with Crippen LogP contribution in [-0.2, 0) is 6.18 Å². The van der Waals surface area contributed by atoms with Gasteiger partial charge in [-0.25, -0.2) is 9.10 Å². The summed E-state index contributed by atoms with van der Waals surface area (Å²) in [7, 11) is 0. The number of alkyl halides is 3. The van der Waals surface area contributed by atoms with Gasteiger partial charge in [-0.3, -0.25) is 0 Å². The van der Waals surface area contributed by atoms with E-state index in [1.165, 1.54) is 18.2 Å². The molecule has 4 nitrogen and oxygen atoms in total. The first-order valence-electron chi connectivity index (χ1n) is 6.14. The smallest absolute Gasteiger partial charge is 0.416 e. The summed E-state index contributed by atoms with van der Waals surface area (Å²) in [6.07, 6.45) is -4.45. The van der Waals surface area contributed by atoms with Crippen molar-refractivity contribution in [1.82, 2.24) is 0 Å². The first-order valence-corrected chi connectivity index (χ1v) is 6.92. The van der Waals surface area contributed by atoms with Crippen LogP contribution in [0.2, 0.25) is 5.02 Å². The molecule has 0 atom stereocenters. The minimum absolute atomic E-state index is 0.0326. The van der Waals surface area contributed by atoms with Crippen LogP contribution < -0.4 is 9.62 Å². The molecule has 0 aliphatic rings. The van der Waals surface area contributed by atoms with E-state index in [2.05, 4.69) is 18.1 Å². The molecule has 2 aromatic carbocycles. The number of nitrogens with one attached hydrogen (secondary N) is 1. The lowest BCUT2D eigenvalue weighted by molar-refractivity contribution is -0.137. The average Bonchev–Trinajstić information content (AvgIpc) is 2.48. The summed E-state index contributed by atoms with van der Waals surface area (Å²) in [5.41, 5.74) is -0.653. The van der Waals surface area contributed by atoms with Gasteiger partial charge in [-0.1, -0.05) is 24.4 Å². The third-order valence-electron chi connectivity index (χ3n) is 2.82. The van der Waals surface area contributed by atoms with E-state index in [1.807, 2.05) is 0 Å². The summed E-state index contributed by atoms with van der Waals surface area (Å²) < 4.78 is 38.2. The summed E-state index contributed by atoms with van der Waals surface area (Å²) in [5, 5.41) is 12.3. The van der Waals surface area contributed by atoms with Crippen LogP contribution in [0, 0.1) is 0 Å². The molecular formula is C14H10ClF3N2O2S. The molecule has 2 N–H and O–H groups in total. The highest BCUT2D eigenvalue weighted by Gasteiger charge is 2.30. The number of rotatable bonds is 2. The van der Waals surface area contributed by atoms with Crippen LogP contribution in [0.15, 0.2) is 42.5 Å². The maximum Gasteiger partial charge on any atom is 0.416 e. The highest BCUT2D eigenvalue weighted by atomic mass is 35.5. The number of phenols is 1. The standard InChI is InChI=1S/C14H10ClF3N2O2S/c15-9-3-6-12(21)11(7-9)20(23)13(22)19-10-4-1-8(2-5-10)14(16,17)18/h1-7,21,23H,(H,19,22). The van der Waals surface area contributed by atoms with Gasteiger partial charge < -0.3 is 10.4 Å². The van der Waals surface area contributed by atoms with Crippen molar-refractivity contribution in [1.29, 1.82) is 0 Å². The van der Waals surface area contributed by atoms with E-state index in [4.69, 9.17) is 11.6 Å². The van der Waals surface area contributed by atoms with Crippen LogP contribution in [-0.4, -0.2) is 11.1 Å². The highest BCUT2D eigenvalue weighted by molar-refractivity contribution is 7.82. The molecule has 0 saturated heterocycles. The van der Waals surface area contributed by atoms with Crippen LogP contribution in [0.4, 0.5) is 29.3 Å². The van der Waals surface area contributed by atoms with Crippen LogP contribution in [0.3, 0.4) is 0 Å². The van der Waals surface area contributed by atoms with E-state index in [9.17, 15) is 23.1 Å². The summed E-state index contributed by atoms with van der Waals surface area (Å²) in [6.45, 7) is 0.